The number of para-hydroxylation sites is 1. The molecule has 0 spiro atoms. The zero-order valence-electron chi connectivity index (χ0n) is 25.4. The monoisotopic (exact) mass is 617 g/mol. The number of amides is 1. The van der Waals surface area contributed by atoms with Crippen molar-refractivity contribution in [3.8, 4) is 11.5 Å². The van der Waals surface area contributed by atoms with Crippen LogP contribution in [0, 0.1) is 5.82 Å². The second-order valence-corrected chi connectivity index (χ2v) is 11.7. The van der Waals surface area contributed by atoms with Gasteiger partial charge in [0.25, 0.3) is 5.79 Å². The van der Waals surface area contributed by atoms with Gasteiger partial charge in [0.15, 0.2) is 17.3 Å². The van der Waals surface area contributed by atoms with Gasteiger partial charge in [-0.05, 0) is 69.1 Å². The molecule has 2 aliphatic rings. The van der Waals surface area contributed by atoms with E-state index in [1.807, 2.05) is 25.1 Å². The first-order valence-corrected chi connectivity index (χ1v) is 14.8. The first-order chi connectivity index (χ1) is 21.6. The fourth-order valence-electron chi connectivity index (χ4n) is 6.14. The summed E-state index contributed by atoms with van der Waals surface area (Å²) in [7, 11) is 1.68. The lowest BCUT2D eigenvalue weighted by Gasteiger charge is -2.32. The minimum absolute atomic E-state index is 0.0433. The number of nitrogens with zero attached hydrogens (tertiary/aromatic N) is 5. The summed E-state index contributed by atoms with van der Waals surface area (Å²) in [4.78, 5) is 23.1. The van der Waals surface area contributed by atoms with Gasteiger partial charge >= 0.3 is 0 Å². The van der Waals surface area contributed by atoms with Crippen LogP contribution < -0.4 is 20.9 Å². The number of hydrogen-bond donors (Lipinski definition) is 3. The van der Waals surface area contributed by atoms with Crippen molar-refractivity contribution in [2.75, 3.05) is 20.2 Å². The highest BCUT2D eigenvalue weighted by Gasteiger charge is 2.43. The van der Waals surface area contributed by atoms with Crippen LogP contribution in [-0.2, 0) is 23.6 Å². The van der Waals surface area contributed by atoms with Crippen molar-refractivity contribution >= 4 is 22.8 Å². The number of pyridine rings is 1. The summed E-state index contributed by atoms with van der Waals surface area (Å²) >= 11 is 0. The number of likely N-dealkylation sites (tertiary alicyclic amines) is 1. The summed E-state index contributed by atoms with van der Waals surface area (Å²) in [6.45, 7) is 6.54. The van der Waals surface area contributed by atoms with Gasteiger partial charge in [0.05, 0.1) is 42.0 Å². The molecular weight excluding hydrogens is 581 g/mol. The van der Waals surface area contributed by atoms with Gasteiger partial charge in [-0.2, -0.15) is 0 Å². The Morgan fingerprint density at radius 1 is 1.22 bits per heavy atom. The van der Waals surface area contributed by atoms with E-state index in [2.05, 4.69) is 19.6 Å². The highest BCUT2D eigenvalue weighted by Crippen LogP contribution is 2.49. The number of oxime groups is 1. The van der Waals surface area contributed by atoms with E-state index < -0.39 is 17.5 Å². The third-order valence-electron chi connectivity index (χ3n) is 8.67. The molecule has 0 radical (unpaired) electrons. The van der Waals surface area contributed by atoms with Crippen molar-refractivity contribution in [1.82, 2.24) is 19.4 Å². The number of rotatable bonds is 9. The average molecular weight is 618 g/mol. The first kappa shape index (κ1) is 30.3. The van der Waals surface area contributed by atoms with E-state index in [1.54, 1.807) is 26.3 Å². The number of halogens is 1. The molecule has 4 heterocycles. The third-order valence-corrected chi connectivity index (χ3v) is 8.67. The molecule has 6 rings (SSSR count). The van der Waals surface area contributed by atoms with E-state index >= 15 is 4.39 Å². The van der Waals surface area contributed by atoms with E-state index in [0.717, 1.165) is 48.9 Å². The molecule has 13 heteroatoms. The van der Waals surface area contributed by atoms with Crippen LogP contribution in [0.5, 0.6) is 11.5 Å². The van der Waals surface area contributed by atoms with Crippen LogP contribution in [-0.4, -0.2) is 62.7 Å². The molecule has 2 aromatic heterocycles. The lowest BCUT2D eigenvalue weighted by molar-refractivity contribution is -0.0712. The summed E-state index contributed by atoms with van der Waals surface area (Å²) in [5, 5.41) is 12.1. The van der Waals surface area contributed by atoms with Crippen molar-refractivity contribution in [2.24, 2.45) is 16.6 Å². The molecule has 1 saturated heterocycles. The number of aromatic nitrogens is 3. The number of methoxy groups -OCH3 is 1. The predicted octanol–water partition coefficient (Wildman–Crippen LogP) is 3.82. The van der Waals surface area contributed by atoms with Crippen LogP contribution in [0.1, 0.15) is 65.6 Å². The molecule has 236 valence electrons. The molecule has 2 aliphatic heterocycles. The molecule has 0 aliphatic carbocycles. The molecule has 0 bridgehead atoms. The Hall–Kier alpha value is -4.75. The molecule has 4 aromatic rings. The van der Waals surface area contributed by atoms with Gasteiger partial charge in [0.1, 0.15) is 17.3 Å². The summed E-state index contributed by atoms with van der Waals surface area (Å²) in [6, 6.07) is 11.6. The summed E-state index contributed by atoms with van der Waals surface area (Å²) in [6.07, 6.45) is 3.40. The lowest BCUT2D eigenvalue weighted by Crippen LogP contribution is -2.34. The minimum atomic E-state index is -1.39. The highest BCUT2D eigenvalue weighted by molar-refractivity contribution is 5.97. The van der Waals surface area contributed by atoms with Crippen molar-refractivity contribution in [3.05, 3.63) is 82.7 Å². The Kier molecular flexibility index (Phi) is 8.06. The molecular formula is C32H36FN7O5. The Morgan fingerprint density at radius 2 is 2.00 bits per heavy atom. The Bertz CT molecular complexity index is 1790. The summed E-state index contributed by atoms with van der Waals surface area (Å²) in [5.74, 6) is -0.541. The summed E-state index contributed by atoms with van der Waals surface area (Å²) < 4.78 is 35.2. The number of carbonyl (C=O) groups excluding carboxylic acids is 1. The number of piperidine rings is 1. The standard InChI is InChI=1S/C32H36FN7O5/c1-18(43-3)16-40-26-15-36-25(30(34)38-42)14-24(26)37-28(40)17-39-11-9-19(10-12-39)21-5-4-6-27-29(21)45-32(2,44-27)22-8-7-20(31(35)41)13-23(22)33/h4-8,13-15,18-19,42H,9-12,16-17H2,1-3H3,(H2,34,38)(H2,35,41)/t18?,32-/m0/s1. The molecule has 1 fully saturated rings. The lowest BCUT2D eigenvalue weighted by atomic mass is 9.88. The summed E-state index contributed by atoms with van der Waals surface area (Å²) in [5.41, 5.74) is 14.3. The fraction of sp³-hybridized carbons (Fsp3) is 0.375. The number of imidazole rings is 1. The minimum Gasteiger partial charge on any atom is -0.444 e. The van der Waals surface area contributed by atoms with Gasteiger partial charge in [0, 0.05) is 25.2 Å². The van der Waals surface area contributed by atoms with Gasteiger partial charge in [-0.3, -0.25) is 14.7 Å². The molecule has 0 saturated carbocycles. The number of amidine groups is 1. The van der Waals surface area contributed by atoms with E-state index in [1.165, 1.54) is 12.1 Å². The number of ether oxygens (including phenoxy) is 3. The Balaban J connectivity index is 1.19. The molecule has 12 nitrogen and oxygen atoms in total. The Morgan fingerprint density at radius 3 is 2.69 bits per heavy atom. The molecule has 2 aromatic carbocycles. The number of nitrogens with two attached hydrogens (primary N) is 2. The van der Waals surface area contributed by atoms with E-state index in [0.29, 0.717) is 35.8 Å². The molecule has 5 N–H and O–H groups in total. The molecule has 1 amide bonds. The second-order valence-electron chi connectivity index (χ2n) is 11.7. The predicted molar refractivity (Wildman–Crippen MR) is 164 cm³/mol. The molecule has 1 unspecified atom stereocenters. The maximum atomic E-state index is 15.1. The average Bonchev–Trinajstić information content (AvgIpc) is 3.56. The van der Waals surface area contributed by atoms with Crippen LogP contribution in [0.2, 0.25) is 0 Å². The molecule has 45 heavy (non-hydrogen) atoms. The van der Waals surface area contributed by atoms with Crippen LogP contribution in [0.15, 0.2) is 53.8 Å². The zero-order chi connectivity index (χ0) is 31.9. The van der Waals surface area contributed by atoms with Crippen LogP contribution in [0.25, 0.3) is 11.0 Å². The maximum absolute atomic E-state index is 15.1. The van der Waals surface area contributed by atoms with Gasteiger partial charge in [-0.25, -0.2) is 9.37 Å². The normalized spacial score (nSPS) is 19.7. The van der Waals surface area contributed by atoms with Gasteiger partial charge in [-0.15, -0.1) is 0 Å². The van der Waals surface area contributed by atoms with Gasteiger partial charge in [-0.1, -0.05) is 17.3 Å². The van der Waals surface area contributed by atoms with E-state index in [-0.39, 0.29) is 29.0 Å². The zero-order valence-corrected chi connectivity index (χ0v) is 25.4. The van der Waals surface area contributed by atoms with Gasteiger partial charge < -0.3 is 35.5 Å². The van der Waals surface area contributed by atoms with E-state index in [9.17, 15) is 4.79 Å². The van der Waals surface area contributed by atoms with Crippen LogP contribution in [0.3, 0.4) is 0 Å². The topological polar surface area (TPSA) is 163 Å². The number of hydrogen-bond acceptors (Lipinski definition) is 9. The number of carbonyl (C=O) groups is 1. The van der Waals surface area contributed by atoms with Crippen LogP contribution in [0.4, 0.5) is 4.39 Å². The van der Waals surface area contributed by atoms with E-state index in [4.69, 9.17) is 35.9 Å². The highest BCUT2D eigenvalue weighted by atomic mass is 19.1. The largest absolute Gasteiger partial charge is 0.444 e. The first-order valence-electron chi connectivity index (χ1n) is 14.8. The molecule has 2 atom stereocenters. The van der Waals surface area contributed by atoms with Gasteiger partial charge in [0.2, 0.25) is 5.91 Å². The second kappa shape index (κ2) is 12.0. The smallest absolute Gasteiger partial charge is 0.278 e. The quantitative estimate of drug-likeness (QED) is 0.110. The van der Waals surface area contributed by atoms with Crippen molar-refractivity contribution in [3.63, 3.8) is 0 Å². The number of benzene rings is 2. The van der Waals surface area contributed by atoms with Crippen molar-refractivity contribution in [2.45, 2.75) is 57.6 Å². The van der Waals surface area contributed by atoms with Crippen molar-refractivity contribution < 1.29 is 28.6 Å². The Labute approximate surface area is 259 Å². The third kappa shape index (κ3) is 5.76. The van der Waals surface area contributed by atoms with Crippen LogP contribution >= 0.6 is 0 Å². The fourth-order valence-corrected chi connectivity index (χ4v) is 6.14. The van der Waals surface area contributed by atoms with Crippen molar-refractivity contribution in [1.29, 1.82) is 0 Å². The SMILES string of the molecule is COC(C)Cn1c(CN2CCC(c3cccc4c3O[C@@](C)(c3ccc(C(N)=O)cc3F)O4)CC2)nc2cc(C(N)=NO)ncc21. The number of fused-ring (bicyclic) bond motifs is 2. The maximum Gasteiger partial charge on any atom is 0.278 e. The number of primary amides is 1.